The van der Waals surface area contributed by atoms with Crippen LogP contribution in [-0.2, 0) is 28.6 Å². The van der Waals surface area contributed by atoms with Gasteiger partial charge in [0.15, 0.2) is 0 Å². The molecular weight excluding hydrogens is 384 g/mol. The van der Waals surface area contributed by atoms with E-state index >= 15 is 0 Å². The highest BCUT2D eigenvalue weighted by Crippen LogP contribution is 2.57. The molecule has 0 unspecified atom stereocenters. The number of rotatable bonds is 2. The molecule has 3 atom stereocenters. The summed E-state index contributed by atoms with van der Waals surface area (Å²) < 4.78 is 17.1. The molecule has 3 rings (SSSR count). The first kappa shape index (κ1) is 22.3. The van der Waals surface area contributed by atoms with Crippen molar-refractivity contribution in [2.24, 2.45) is 11.3 Å². The number of hydrogen-bond acceptors (Lipinski definition) is 6. The Morgan fingerprint density at radius 3 is 2.47 bits per heavy atom. The van der Waals surface area contributed by atoms with E-state index in [4.69, 9.17) is 14.2 Å². The highest BCUT2D eigenvalue weighted by molar-refractivity contribution is 5.94. The Morgan fingerprint density at radius 2 is 1.83 bits per heavy atom. The predicted octanol–water partition coefficient (Wildman–Crippen LogP) is 4.54. The van der Waals surface area contributed by atoms with E-state index in [1.54, 1.807) is 0 Å². The molecule has 3 aliphatic rings. The molecule has 30 heavy (non-hydrogen) atoms. The van der Waals surface area contributed by atoms with Crippen molar-refractivity contribution >= 4 is 17.9 Å². The lowest BCUT2D eigenvalue weighted by Crippen LogP contribution is -2.45. The van der Waals surface area contributed by atoms with Gasteiger partial charge in [-0.2, -0.15) is 0 Å². The third-order valence-corrected chi connectivity index (χ3v) is 6.54. The van der Waals surface area contributed by atoms with Crippen molar-refractivity contribution in [2.75, 3.05) is 0 Å². The van der Waals surface area contributed by atoms with Gasteiger partial charge < -0.3 is 14.2 Å². The molecule has 6 heteroatoms. The first-order chi connectivity index (χ1) is 13.9. The van der Waals surface area contributed by atoms with Crippen molar-refractivity contribution in [1.82, 2.24) is 0 Å². The van der Waals surface area contributed by atoms with Crippen LogP contribution in [0.5, 0.6) is 0 Å². The topological polar surface area (TPSA) is 78.9 Å². The van der Waals surface area contributed by atoms with Crippen LogP contribution in [-0.4, -0.2) is 29.8 Å². The third-order valence-electron chi connectivity index (χ3n) is 6.54. The summed E-state index contributed by atoms with van der Waals surface area (Å²) in [5, 5.41) is 0. The lowest BCUT2D eigenvalue weighted by Gasteiger charge is -2.45. The summed E-state index contributed by atoms with van der Waals surface area (Å²) >= 11 is 0. The molecule has 6 nitrogen and oxygen atoms in total. The Morgan fingerprint density at radius 1 is 1.17 bits per heavy atom. The van der Waals surface area contributed by atoms with E-state index in [-0.39, 0.29) is 23.7 Å². The molecule has 0 aromatic rings. The van der Waals surface area contributed by atoms with Crippen molar-refractivity contribution in [3.63, 3.8) is 0 Å². The van der Waals surface area contributed by atoms with Gasteiger partial charge in [0.05, 0.1) is 6.42 Å². The quantitative estimate of drug-likeness (QED) is 0.486. The maximum atomic E-state index is 12.8. The molecule has 0 saturated carbocycles. The molecule has 0 N–H and O–H groups in total. The Kier molecular flexibility index (Phi) is 5.99. The number of hydrogen-bond donors (Lipinski definition) is 0. The van der Waals surface area contributed by atoms with Crippen molar-refractivity contribution in [2.45, 2.75) is 85.0 Å². The second-order valence-electron chi connectivity index (χ2n) is 9.38. The Hall–Kier alpha value is -2.37. The zero-order chi connectivity index (χ0) is 22.3. The number of carbonyl (C=O) groups excluding carboxylic acids is 3. The van der Waals surface area contributed by atoms with Crippen LogP contribution in [0.4, 0.5) is 0 Å². The monoisotopic (exact) mass is 416 g/mol. The molecule has 0 radical (unpaired) electrons. The molecule has 2 aliphatic carbocycles. The first-order valence-corrected chi connectivity index (χ1v) is 10.6. The fourth-order valence-electron chi connectivity index (χ4n) is 5.41. The van der Waals surface area contributed by atoms with Crippen LogP contribution in [0.3, 0.4) is 0 Å². The highest BCUT2D eigenvalue weighted by atomic mass is 16.7. The SMILES string of the molecule is C=C1CC[C@@H]2CCC3=C(C2(C)C)[C@@](OC(C)=O)(C/C(C)=C/[C@@H](OC(C)=O)C1)OC3=O. The van der Waals surface area contributed by atoms with Gasteiger partial charge in [-0.15, -0.1) is 0 Å². The fourth-order valence-corrected chi connectivity index (χ4v) is 5.41. The van der Waals surface area contributed by atoms with Gasteiger partial charge in [-0.25, -0.2) is 4.79 Å². The van der Waals surface area contributed by atoms with Crippen molar-refractivity contribution < 1.29 is 28.6 Å². The van der Waals surface area contributed by atoms with Gasteiger partial charge in [-0.3, -0.25) is 9.59 Å². The maximum absolute atomic E-state index is 12.8. The van der Waals surface area contributed by atoms with Gasteiger partial charge in [0.1, 0.15) is 6.10 Å². The second kappa shape index (κ2) is 8.05. The summed E-state index contributed by atoms with van der Waals surface area (Å²) in [6.45, 7) is 13.0. The normalized spacial score (nSPS) is 32.9. The van der Waals surface area contributed by atoms with Crippen LogP contribution in [0.1, 0.15) is 73.1 Å². The van der Waals surface area contributed by atoms with Crippen LogP contribution in [0.2, 0.25) is 0 Å². The van der Waals surface area contributed by atoms with E-state index in [9.17, 15) is 14.4 Å². The summed E-state index contributed by atoms with van der Waals surface area (Å²) in [7, 11) is 0. The molecule has 1 aliphatic heterocycles. The minimum Gasteiger partial charge on any atom is -0.458 e. The Labute approximate surface area is 178 Å². The van der Waals surface area contributed by atoms with E-state index in [2.05, 4.69) is 20.4 Å². The van der Waals surface area contributed by atoms with Crippen LogP contribution in [0, 0.1) is 11.3 Å². The smallest absolute Gasteiger partial charge is 0.337 e. The van der Waals surface area contributed by atoms with Crippen molar-refractivity contribution in [3.05, 3.63) is 34.9 Å². The largest absolute Gasteiger partial charge is 0.458 e. The van der Waals surface area contributed by atoms with Gasteiger partial charge in [0.25, 0.3) is 5.79 Å². The lowest BCUT2D eigenvalue weighted by atomic mass is 9.61. The van der Waals surface area contributed by atoms with E-state index in [1.165, 1.54) is 13.8 Å². The molecular formula is C24H32O6. The van der Waals surface area contributed by atoms with E-state index in [0.717, 1.165) is 36.0 Å². The van der Waals surface area contributed by atoms with E-state index in [1.807, 2.05) is 13.0 Å². The summed E-state index contributed by atoms with van der Waals surface area (Å²) in [5.74, 6) is -2.43. The third kappa shape index (κ3) is 4.23. The molecule has 0 saturated heterocycles. The molecule has 0 amide bonds. The van der Waals surface area contributed by atoms with Gasteiger partial charge in [0, 0.05) is 31.4 Å². The van der Waals surface area contributed by atoms with Crippen molar-refractivity contribution in [1.29, 1.82) is 0 Å². The van der Waals surface area contributed by atoms with Crippen LogP contribution in [0.25, 0.3) is 0 Å². The molecule has 0 aromatic carbocycles. The number of esters is 3. The summed E-state index contributed by atoms with van der Waals surface area (Å²) in [5.41, 5.74) is 2.90. The maximum Gasteiger partial charge on any atom is 0.337 e. The van der Waals surface area contributed by atoms with Gasteiger partial charge >= 0.3 is 17.9 Å². The number of fused-ring (bicyclic) bond motifs is 1. The molecule has 2 bridgehead atoms. The summed E-state index contributed by atoms with van der Waals surface area (Å²) in [6, 6.07) is 0. The van der Waals surface area contributed by atoms with Gasteiger partial charge in [0.2, 0.25) is 0 Å². The second-order valence-corrected chi connectivity index (χ2v) is 9.38. The molecule has 1 heterocycles. The van der Waals surface area contributed by atoms with Gasteiger partial charge in [-0.05, 0) is 50.0 Å². The first-order valence-electron chi connectivity index (χ1n) is 10.6. The van der Waals surface area contributed by atoms with Crippen LogP contribution >= 0.6 is 0 Å². The molecule has 0 aromatic heterocycles. The van der Waals surface area contributed by atoms with E-state index in [0.29, 0.717) is 18.4 Å². The average molecular weight is 417 g/mol. The van der Waals surface area contributed by atoms with Crippen LogP contribution < -0.4 is 0 Å². The standard InChI is InChI=1S/C24H32O6/c1-14-7-8-18-9-10-20-21(23(18,5)6)24(29-17(4)26,30-22(20)27)13-15(2)12-19(11-14)28-16(3)25/h12,18-19H,1,7-11,13H2,2-6H3/b15-12+/t18-,19+,24-/m1/s1. The highest BCUT2D eigenvalue weighted by Gasteiger charge is 2.58. The zero-order valence-corrected chi connectivity index (χ0v) is 18.6. The Balaban J connectivity index is 2.13. The Bertz CT molecular complexity index is 846. The average Bonchev–Trinajstić information content (AvgIpc) is 2.83. The minimum absolute atomic E-state index is 0.206. The minimum atomic E-state index is -1.45. The van der Waals surface area contributed by atoms with Crippen molar-refractivity contribution in [3.8, 4) is 0 Å². The van der Waals surface area contributed by atoms with Crippen LogP contribution in [0.15, 0.2) is 34.9 Å². The van der Waals surface area contributed by atoms with E-state index < -0.39 is 23.8 Å². The number of ether oxygens (including phenoxy) is 3. The molecule has 0 spiro atoms. The molecule has 0 fully saturated rings. The summed E-state index contributed by atoms with van der Waals surface area (Å²) in [4.78, 5) is 36.5. The predicted molar refractivity (Wildman–Crippen MR) is 111 cm³/mol. The number of carbonyl (C=O) groups is 3. The lowest BCUT2D eigenvalue weighted by molar-refractivity contribution is -0.208. The molecule has 164 valence electrons. The summed E-state index contributed by atoms with van der Waals surface area (Å²) in [6.07, 6.45) is 5.32. The zero-order valence-electron chi connectivity index (χ0n) is 18.6. The van der Waals surface area contributed by atoms with Gasteiger partial charge in [-0.1, -0.05) is 31.6 Å². The fraction of sp³-hybridized carbons (Fsp3) is 0.625.